The van der Waals surface area contributed by atoms with Crippen molar-refractivity contribution in [3.8, 4) is 0 Å². The Morgan fingerprint density at radius 1 is 1.23 bits per heavy atom. The van der Waals surface area contributed by atoms with E-state index in [0.717, 1.165) is 50.2 Å². The topological polar surface area (TPSA) is 57.3 Å². The molecule has 2 amide bonds. The molecule has 1 saturated heterocycles. The Morgan fingerprint density at radius 2 is 2.12 bits per heavy atom. The van der Waals surface area contributed by atoms with E-state index in [2.05, 4.69) is 20.5 Å². The van der Waals surface area contributed by atoms with Crippen LogP contribution in [0.25, 0.3) is 0 Å². The van der Waals surface area contributed by atoms with Crippen molar-refractivity contribution in [2.75, 3.05) is 18.4 Å². The summed E-state index contributed by atoms with van der Waals surface area (Å²) in [6, 6.07) is 8.37. The van der Waals surface area contributed by atoms with Gasteiger partial charge in [0.15, 0.2) is 0 Å². The lowest BCUT2D eigenvalue weighted by molar-refractivity contribution is 0.231. The Balaban J connectivity index is 1.56. The van der Waals surface area contributed by atoms with Gasteiger partial charge < -0.3 is 10.6 Å². The highest BCUT2D eigenvalue weighted by Gasteiger charge is 2.20. The van der Waals surface area contributed by atoms with Gasteiger partial charge in [0.25, 0.3) is 0 Å². The Labute approximate surface area is 151 Å². The van der Waals surface area contributed by atoms with E-state index in [1.807, 2.05) is 18.2 Å². The summed E-state index contributed by atoms with van der Waals surface area (Å²) in [4.78, 5) is 18.8. The van der Waals surface area contributed by atoms with Crippen molar-refractivity contribution in [3.05, 3.63) is 59.9 Å². The number of nitrogens with zero attached hydrogens (tertiary/aromatic N) is 2. The zero-order valence-electron chi connectivity index (χ0n) is 14.4. The molecule has 26 heavy (non-hydrogen) atoms. The fourth-order valence-corrected chi connectivity index (χ4v) is 3.14. The van der Waals surface area contributed by atoms with Gasteiger partial charge in [-0.3, -0.25) is 9.88 Å². The van der Waals surface area contributed by atoms with Gasteiger partial charge in [-0.1, -0.05) is 12.5 Å². The minimum Gasteiger partial charge on any atom is -0.334 e. The number of halogens is 2. The minimum atomic E-state index is -0.794. The maximum atomic E-state index is 13.7. The molecule has 5 nitrogen and oxygen atoms in total. The van der Waals surface area contributed by atoms with Crippen LogP contribution in [0, 0.1) is 11.6 Å². The second-order valence-electron chi connectivity index (χ2n) is 6.47. The average molecular weight is 360 g/mol. The highest BCUT2D eigenvalue weighted by molar-refractivity contribution is 5.89. The number of amides is 2. The average Bonchev–Trinajstić information content (AvgIpc) is 2.83. The van der Waals surface area contributed by atoms with E-state index >= 15 is 0 Å². The van der Waals surface area contributed by atoms with E-state index in [1.165, 1.54) is 6.07 Å². The van der Waals surface area contributed by atoms with Gasteiger partial charge in [-0.2, -0.15) is 0 Å². The van der Waals surface area contributed by atoms with Gasteiger partial charge in [0.1, 0.15) is 11.6 Å². The van der Waals surface area contributed by atoms with Gasteiger partial charge in [0.2, 0.25) is 0 Å². The molecule has 0 bridgehead atoms. The molecule has 2 N–H and O–H groups in total. The van der Waals surface area contributed by atoms with E-state index in [1.54, 1.807) is 6.20 Å². The number of rotatable bonds is 4. The van der Waals surface area contributed by atoms with Crippen molar-refractivity contribution >= 4 is 11.7 Å². The van der Waals surface area contributed by atoms with Crippen LogP contribution in [-0.2, 0) is 6.54 Å². The first-order valence-corrected chi connectivity index (χ1v) is 8.75. The highest BCUT2D eigenvalue weighted by Crippen LogP contribution is 2.16. The first-order valence-electron chi connectivity index (χ1n) is 8.75. The van der Waals surface area contributed by atoms with Crippen molar-refractivity contribution in [3.63, 3.8) is 0 Å². The molecule has 0 radical (unpaired) electrons. The molecule has 1 fully saturated rings. The number of carbonyl (C=O) groups excluding carboxylic acids is 1. The predicted octanol–water partition coefficient (Wildman–Crippen LogP) is 3.54. The molecule has 1 aliphatic rings. The summed E-state index contributed by atoms with van der Waals surface area (Å²) in [5.74, 6) is -1.47. The van der Waals surface area contributed by atoms with Gasteiger partial charge >= 0.3 is 6.03 Å². The standard InChI is InChI=1S/C19H22F2N4O/c20-14-7-8-18(17(21)11-14)24-19(26)23-16-6-2-4-10-25(13-16)12-15-5-1-3-9-22-15/h1,3,5,7-9,11,16H,2,4,6,10,12-13H2,(H2,23,24,26)/t16-/m1/s1. The quantitative estimate of drug-likeness (QED) is 0.877. The van der Waals surface area contributed by atoms with E-state index < -0.39 is 17.7 Å². The lowest BCUT2D eigenvalue weighted by atomic mass is 10.1. The highest BCUT2D eigenvalue weighted by atomic mass is 19.1. The summed E-state index contributed by atoms with van der Waals surface area (Å²) in [6.07, 6.45) is 4.69. The summed E-state index contributed by atoms with van der Waals surface area (Å²) >= 11 is 0. The number of urea groups is 1. The fraction of sp³-hybridized carbons (Fsp3) is 0.368. The SMILES string of the molecule is O=C(Nc1ccc(F)cc1F)N[C@@H]1CCCCN(Cc2ccccn2)C1. The number of benzene rings is 1. The number of nitrogens with one attached hydrogen (secondary N) is 2. The van der Waals surface area contributed by atoms with Crippen LogP contribution in [0.2, 0.25) is 0 Å². The molecule has 1 aromatic heterocycles. The van der Waals surface area contributed by atoms with Crippen molar-refractivity contribution in [2.24, 2.45) is 0 Å². The molecule has 0 saturated carbocycles. The Bertz CT molecular complexity index is 742. The zero-order chi connectivity index (χ0) is 18.4. The van der Waals surface area contributed by atoms with E-state index in [-0.39, 0.29) is 11.7 Å². The number of pyridine rings is 1. The van der Waals surface area contributed by atoms with Crippen LogP contribution in [0.1, 0.15) is 25.0 Å². The molecule has 0 spiro atoms. The third kappa shape index (κ3) is 5.23. The van der Waals surface area contributed by atoms with Crippen molar-refractivity contribution < 1.29 is 13.6 Å². The molecule has 0 unspecified atom stereocenters. The normalized spacial score (nSPS) is 18.2. The molecule has 2 heterocycles. The second kappa shape index (κ2) is 8.71. The first-order chi connectivity index (χ1) is 12.6. The van der Waals surface area contributed by atoms with Crippen LogP contribution in [0.4, 0.5) is 19.3 Å². The van der Waals surface area contributed by atoms with Crippen molar-refractivity contribution in [1.29, 1.82) is 0 Å². The molecular formula is C19H22F2N4O. The van der Waals surface area contributed by atoms with Crippen LogP contribution in [0.3, 0.4) is 0 Å². The van der Waals surface area contributed by atoms with E-state index in [9.17, 15) is 13.6 Å². The third-order valence-corrected chi connectivity index (χ3v) is 4.38. The van der Waals surface area contributed by atoms with Crippen LogP contribution in [0.5, 0.6) is 0 Å². The lowest BCUT2D eigenvalue weighted by Crippen LogP contribution is -2.44. The molecule has 3 rings (SSSR count). The molecule has 138 valence electrons. The van der Waals surface area contributed by atoms with E-state index in [0.29, 0.717) is 6.54 Å². The van der Waals surface area contributed by atoms with Crippen LogP contribution in [-0.4, -0.2) is 35.0 Å². The van der Waals surface area contributed by atoms with E-state index in [4.69, 9.17) is 0 Å². The smallest absolute Gasteiger partial charge is 0.319 e. The number of hydrogen-bond donors (Lipinski definition) is 2. The number of anilines is 1. The first kappa shape index (κ1) is 18.3. The number of likely N-dealkylation sites (tertiary alicyclic amines) is 1. The van der Waals surface area contributed by atoms with Gasteiger partial charge in [-0.05, 0) is 43.7 Å². The van der Waals surface area contributed by atoms with Crippen molar-refractivity contribution in [1.82, 2.24) is 15.2 Å². The Kier molecular flexibility index (Phi) is 6.12. The van der Waals surface area contributed by atoms with Crippen LogP contribution >= 0.6 is 0 Å². The summed E-state index contributed by atoms with van der Waals surface area (Å²) in [5.41, 5.74) is 0.953. The largest absolute Gasteiger partial charge is 0.334 e. The van der Waals surface area contributed by atoms with Gasteiger partial charge in [-0.25, -0.2) is 13.6 Å². The number of carbonyl (C=O) groups is 1. The Morgan fingerprint density at radius 3 is 2.88 bits per heavy atom. The molecule has 7 heteroatoms. The third-order valence-electron chi connectivity index (χ3n) is 4.38. The minimum absolute atomic E-state index is 0.0373. The van der Waals surface area contributed by atoms with Gasteiger partial charge in [0.05, 0.1) is 11.4 Å². The number of aromatic nitrogens is 1. The molecule has 2 aromatic rings. The second-order valence-corrected chi connectivity index (χ2v) is 6.47. The zero-order valence-corrected chi connectivity index (χ0v) is 14.4. The summed E-state index contributed by atoms with van der Waals surface area (Å²) < 4.78 is 26.6. The van der Waals surface area contributed by atoms with Crippen LogP contribution in [0.15, 0.2) is 42.6 Å². The maximum Gasteiger partial charge on any atom is 0.319 e. The Hall–Kier alpha value is -2.54. The fourth-order valence-electron chi connectivity index (χ4n) is 3.14. The molecule has 1 aromatic carbocycles. The maximum absolute atomic E-state index is 13.7. The van der Waals surface area contributed by atoms with Crippen LogP contribution < -0.4 is 10.6 Å². The summed E-state index contributed by atoms with van der Waals surface area (Å²) in [5, 5.41) is 5.34. The summed E-state index contributed by atoms with van der Waals surface area (Å²) in [7, 11) is 0. The molecular weight excluding hydrogens is 338 g/mol. The molecule has 0 aliphatic carbocycles. The van der Waals surface area contributed by atoms with Crippen molar-refractivity contribution in [2.45, 2.75) is 31.8 Å². The molecule has 1 atom stereocenters. The number of hydrogen-bond acceptors (Lipinski definition) is 3. The van der Waals surface area contributed by atoms with Gasteiger partial charge in [0, 0.05) is 31.4 Å². The van der Waals surface area contributed by atoms with Gasteiger partial charge in [-0.15, -0.1) is 0 Å². The lowest BCUT2D eigenvalue weighted by Gasteiger charge is -2.24. The molecule has 1 aliphatic heterocycles. The summed E-state index contributed by atoms with van der Waals surface area (Å²) in [6.45, 7) is 2.38. The monoisotopic (exact) mass is 360 g/mol. The predicted molar refractivity (Wildman–Crippen MR) is 95.7 cm³/mol.